The Morgan fingerprint density at radius 2 is 1.57 bits per heavy atom. The summed E-state index contributed by atoms with van der Waals surface area (Å²) >= 11 is 0. The minimum absolute atomic E-state index is 0.0265. The van der Waals surface area contributed by atoms with E-state index in [-0.39, 0.29) is 5.91 Å². The van der Waals surface area contributed by atoms with Crippen molar-refractivity contribution in [1.82, 2.24) is 9.80 Å². The summed E-state index contributed by atoms with van der Waals surface area (Å²) in [5.74, 6) is 1.54. The van der Waals surface area contributed by atoms with Crippen LogP contribution in [0.3, 0.4) is 0 Å². The van der Waals surface area contributed by atoms with Crippen molar-refractivity contribution in [2.24, 2.45) is 5.73 Å². The van der Waals surface area contributed by atoms with Gasteiger partial charge in [0.25, 0.3) is 0 Å². The zero-order valence-electron chi connectivity index (χ0n) is 16.9. The highest BCUT2D eigenvalue weighted by atomic mass is 16.5. The Morgan fingerprint density at radius 3 is 2.11 bits per heavy atom. The third-order valence-corrected chi connectivity index (χ3v) is 5.29. The van der Waals surface area contributed by atoms with Crippen molar-refractivity contribution in [3.05, 3.63) is 59.7 Å². The maximum atomic E-state index is 13.0. The van der Waals surface area contributed by atoms with Gasteiger partial charge in [0.1, 0.15) is 17.0 Å². The molecule has 0 bridgehead atoms. The number of hydrogen-bond donors (Lipinski definition) is 1. The van der Waals surface area contributed by atoms with Crippen LogP contribution in [0, 0.1) is 0 Å². The average Bonchev–Trinajstić information content (AvgIpc) is 2.74. The van der Waals surface area contributed by atoms with Crippen molar-refractivity contribution in [2.75, 3.05) is 40.4 Å². The molecule has 1 heterocycles. The highest BCUT2D eigenvalue weighted by molar-refractivity contribution is 5.87. The number of rotatable bonds is 6. The zero-order chi connectivity index (χ0) is 20.1. The SMILES string of the molecule is COc1cc(CN2CCN(C(=O)C(C)(N)c3ccccc3)CC2)cc(OC)c1. The Hall–Kier alpha value is -2.57. The third kappa shape index (κ3) is 4.46. The maximum absolute atomic E-state index is 13.0. The molecule has 0 radical (unpaired) electrons. The van der Waals surface area contributed by atoms with E-state index in [1.165, 1.54) is 0 Å². The Labute approximate surface area is 166 Å². The van der Waals surface area contributed by atoms with Gasteiger partial charge >= 0.3 is 0 Å². The van der Waals surface area contributed by atoms with Crippen LogP contribution < -0.4 is 15.2 Å². The summed E-state index contributed by atoms with van der Waals surface area (Å²) in [4.78, 5) is 17.2. The first-order valence-corrected chi connectivity index (χ1v) is 9.52. The highest BCUT2D eigenvalue weighted by Gasteiger charge is 2.35. The van der Waals surface area contributed by atoms with Crippen LogP contribution in [0.5, 0.6) is 11.5 Å². The van der Waals surface area contributed by atoms with Gasteiger partial charge < -0.3 is 20.1 Å². The molecule has 1 aliphatic rings. The molecule has 0 saturated carbocycles. The average molecular weight is 383 g/mol. The van der Waals surface area contributed by atoms with E-state index < -0.39 is 5.54 Å². The van der Waals surface area contributed by atoms with Gasteiger partial charge in [-0.25, -0.2) is 0 Å². The minimum Gasteiger partial charge on any atom is -0.497 e. The van der Waals surface area contributed by atoms with Gasteiger partial charge in [-0.2, -0.15) is 0 Å². The summed E-state index contributed by atoms with van der Waals surface area (Å²) in [6.45, 7) is 5.51. The Kier molecular flexibility index (Phi) is 6.21. The normalized spacial score (nSPS) is 17.1. The van der Waals surface area contributed by atoms with Crippen LogP contribution in [0.4, 0.5) is 0 Å². The lowest BCUT2D eigenvalue weighted by atomic mass is 9.91. The standard InChI is InChI=1S/C22H29N3O3/c1-22(23,18-7-5-4-6-8-18)21(26)25-11-9-24(10-12-25)16-17-13-19(27-2)15-20(14-17)28-3/h4-8,13-15H,9-12,16,23H2,1-3H3. The monoisotopic (exact) mass is 383 g/mol. The molecule has 0 aliphatic carbocycles. The van der Waals surface area contributed by atoms with E-state index in [9.17, 15) is 4.79 Å². The molecule has 1 saturated heterocycles. The molecule has 2 N–H and O–H groups in total. The topological polar surface area (TPSA) is 68.0 Å². The van der Waals surface area contributed by atoms with Gasteiger partial charge in [-0.15, -0.1) is 0 Å². The molecule has 1 unspecified atom stereocenters. The number of methoxy groups -OCH3 is 2. The Morgan fingerprint density at radius 1 is 1.00 bits per heavy atom. The number of amides is 1. The summed E-state index contributed by atoms with van der Waals surface area (Å²) in [5, 5.41) is 0. The van der Waals surface area contributed by atoms with Crippen molar-refractivity contribution < 1.29 is 14.3 Å². The number of ether oxygens (including phenoxy) is 2. The first-order chi connectivity index (χ1) is 13.4. The van der Waals surface area contributed by atoms with Gasteiger partial charge in [-0.3, -0.25) is 9.69 Å². The summed E-state index contributed by atoms with van der Waals surface area (Å²) in [5.41, 5.74) is 7.36. The molecule has 6 nitrogen and oxygen atoms in total. The van der Waals surface area contributed by atoms with E-state index in [1.54, 1.807) is 21.1 Å². The first-order valence-electron chi connectivity index (χ1n) is 9.52. The quantitative estimate of drug-likeness (QED) is 0.828. The van der Waals surface area contributed by atoms with Crippen molar-refractivity contribution in [3.8, 4) is 11.5 Å². The third-order valence-electron chi connectivity index (χ3n) is 5.29. The minimum atomic E-state index is -1.01. The van der Waals surface area contributed by atoms with E-state index in [0.717, 1.165) is 42.3 Å². The van der Waals surface area contributed by atoms with Crippen LogP contribution in [0.1, 0.15) is 18.1 Å². The number of piperazine rings is 1. The van der Waals surface area contributed by atoms with Crippen molar-refractivity contribution in [1.29, 1.82) is 0 Å². The van der Waals surface area contributed by atoms with Gasteiger partial charge in [0.05, 0.1) is 14.2 Å². The number of carbonyl (C=O) groups excluding carboxylic acids is 1. The predicted molar refractivity (Wildman–Crippen MR) is 109 cm³/mol. The number of hydrogen-bond acceptors (Lipinski definition) is 5. The zero-order valence-corrected chi connectivity index (χ0v) is 16.9. The maximum Gasteiger partial charge on any atom is 0.247 e. The number of benzene rings is 2. The molecule has 0 aromatic heterocycles. The van der Waals surface area contributed by atoms with Gasteiger partial charge in [-0.05, 0) is 30.2 Å². The molecule has 1 aliphatic heterocycles. The van der Waals surface area contributed by atoms with Gasteiger partial charge in [0.15, 0.2) is 0 Å². The van der Waals surface area contributed by atoms with Crippen LogP contribution in [0.15, 0.2) is 48.5 Å². The van der Waals surface area contributed by atoms with Gasteiger partial charge in [-0.1, -0.05) is 30.3 Å². The smallest absolute Gasteiger partial charge is 0.247 e. The second-order valence-corrected chi connectivity index (χ2v) is 7.36. The molecule has 2 aromatic carbocycles. The fourth-order valence-corrected chi connectivity index (χ4v) is 3.56. The molecule has 1 amide bonds. The molecular weight excluding hydrogens is 354 g/mol. The lowest BCUT2D eigenvalue weighted by Gasteiger charge is -2.38. The van der Waals surface area contributed by atoms with Crippen LogP contribution in [0.25, 0.3) is 0 Å². The van der Waals surface area contributed by atoms with Crippen molar-refractivity contribution in [2.45, 2.75) is 19.0 Å². The van der Waals surface area contributed by atoms with Gasteiger partial charge in [0, 0.05) is 38.8 Å². The molecule has 6 heteroatoms. The number of nitrogens with zero attached hydrogens (tertiary/aromatic N) is 2. The first kappa shape index (κ1) is 20.2. The van der Waals surface area contributed by atoms with E-state index in [4.69, 9.17) is 15.2 Å². The Balaban J connectivity index is 1.61. The molecule has 28 heavy (non-hydrogen) atoms. The number of nitrogens with two attached hydrogens (primary N) is 1. The van der Waals surface area contributed by atoms with Crippen LogP contribution in [-0.2, 0) is 16.9 Å². The lowest BCUT2D eigenvalue weighted by Crippen LogP contribution is -2.56. The largest absolute Gasteiger partial charge is 0.497 e. The van der Waals surface area contributed by atoms with Crippen LogP contribution in [-0.4, -0.2) is 56.1 Å². The molecule has 2 aromatic rings. The molecular formula is C22H29N3O3. The van der Waals surface area contributed by atoms with Gasteiger partial charge in [0.2, 0.25) is 5.91 Å². The number of carbonyl (C=O) groups is 1. The van der Waals surface area contributed by atoms with Crippen molar-refractivity contribution in [3.63, 3.8) is 0 Å². The van der Waals surface area contributed by atoms with Crippen LogP contribution >= 0.6 is 0 Å². The van der Waals surface area contributed by atoms with E-state index in [2.05, 4.69) is 4.90 Å². The van der Waals surface area contributed by atoms with Crippen molar-refractivity contribution >= 4 is 5.91 Å². The van der Waals surface area contributed by atoms with Crippen LogP contribution in [0.2, 0.25) is 0 Å². The summed E-state index contributed by atoms with van der Waals surface area (Å²) in [7, 11) is 3.30. The highest BCUT2D eigenvalue weighted by Crippen LogP contribution is 2.25. The second-order valence-electron chi connectivity index (χ2n) is 7.36. The van der Waals surface area contributed by atoms with E-state index in [0.29, 0.717) is 13.1 Å². The molecule has 0 spiro atoms. The fraction of sp³-hybridized carbons (Fsp3) is 0.409. The Bertz CT molecular complexity index is 778. The summed E-state index contributed by atoms with van der Waals surface area (Å²) < 4.78 is 10.7. The molecule has 1 atom stereocenters. The van der Waals surface area contributed by atoms with E-state index in [1.807, 2.05) is 53.4 Å². The molecule has 3 rings (SSSR count). The molecule has 150 valence electrons. The lowest BCUT2D eigenvalue weighted by molar-refractivity contribution is -0.138. The summed E-state index contributed by atoms with van der Waals surface area (Å²) in [6.07, 6.45) is 0. The fourth-order valence-electron chi connectivity index (χ4n) is 3.56. The molecule has 1 fully saturated rings. The van der Waals surface area contributed by atoms with E-state index >= 15 is 0 Å². The summed E-state index contributed by atoms with van der Waals surface area (Å²) in [6, 6.07) is 15.5. The predicted octanol–water partition coefficient (Wildman–Crippen LogP) is 2.22. The second kappa shape index (κ2) is 8.63.